The highest BCUT2D eigenvalue weighted by atomic mass is 32.1. The minimum atomic E-state index is -0.961. The number of benzene rings is 1. The molecule has 0 fully saturated rings. The van der Waals surface area contributed by atoms with Gasteiger partial charge in [-0.3, -0.25) is 4.79 Å². The van der Waals surface area contributed by atoms with Gasteiger partial charge in [0.2, 0.25) is 0 Å². The normalized spacial score (nSPS) is 11.4. The zero-order chi connectivity index (χ0) is 18.8. The number of aryl methyl sites for hydroxylation is 1. The van der Waals surface area contributed by atoms with Crippen LogP contribution in [0, 0.1) is 18.6 Å². The Balaban J connectivity index is 2.00. The number of aromatic nitrogens is 2. The lowest BCUT2D eigenvalue weighted by Gasteiger charge is -1.98. The van der Waals surface area contributed by atoms with Crippen LogP contribution in [0.25, 0.3) is 22.4 Å². The first-order chi connectivity index (χ1) is 12.4. The van der Waals surface area contributed by atoms with Crippen molar-refractivity contribution in [1.29, 1.82) is 0 Å². The van der Waals surface area contributed by atoms with E-state index in [0.29, 0.717) is 26.2 Å². The molecule has 0 saturated carbocycles. The number of aromatic amines is 1. The Kier molecular flexibility index (Phi) is 4.94. The molecule has 1 N–H and O–H groups in total. The zero-order valence-corrected chi connectivity index (χ0v) is 14.7. The molecule has 134 valence electrons. The largest absolute Gasteiger partial charge is 0.462 e. The number of hydrogen-bond acceptors (Lipinski definition) is 5. The average molecular weight is 376 g/mol. The number of H-pyrrole nitrogens is 1. The summed E-state index contributed by atoms with van der Waals surface area (Å²) in [5.74, 6) is -2.15. The van der Waals surface area contributed by atoms with E-state index in [2.05, 4.69) is 9.97 Å². The Bertz CT molecular complexity index is 1090. The predicted octanol–water partition coefficient (Wildman–Crippen LogP) is 3.92. The van der Waals surface area contributed by atoms with Crippen LogP contribution < -0.4 is 5.56 Å². The Hall–Kier alpha value is -2.87. The Morgan fingerprint density at radius 2 is 2.08 bits per heavy atom. The van der Waals surface area contributed by atoms with E-state index in [1.807, 2.05) is 0 Å². The summed E-state index contributed by atoms with van der Waals surface area (Å²) in [6, 6.07) is 3.46. The molecule has 0 saturated heterocycles. The van der Waals surface area contributed by atoms with E-state index in [1.165, 1.54) is 18.2 Å². The molecular formula is C18H14F2N2O3S. The molecule has 1 aromatic carbocycles. The van der Waals surface area contributed by atoms with Crippen LogP contribution in [0.15, 0.2) is 23.0 Å². The van der Waals surface area contributed by atoms with Gasteiger partial charge in [-0.25, -0.2) is 18.6 Å². The van der Waals surface area contributed by atoms with Gasteiger partial charge in [0.15, 0.2) is 11.6 Å². The van der Waals surface area contributed by atoms with Crippen molar-refractivity contribution < 1.29 is 18.3 Å². The van der Waals surface area contributed by atoms with Crippen molar-refractivity contribution in [3.63, 3.8) is 0 Å². The second-order valence-electron chi connectivity index (χ2n) is 5.41. The van der Waals surface area contributed by atoms with E-state index < -0.39 is 17.6 Å². The fourth-order valence-electron chi connectivity index (χ4n) is 2.42. The molecule has 0 radical (unpaired) electrons. The first-order valence-corrected chi connectivity index (χ1v) is 8.56. The fraction of sp³-hybridized carbons (Fsp3) is 0.167. The molecule has 0 unspecified atom stereocenters. The molecular weight excluding hydrogens is 362 g/mol. The maximum absolute atomic E-state index is 13.2. The molecule has 3 aromatic rings. The highest BCUT2D eigenvalue weighted by molar-refractivity contribution is 7.20. The summed E-state index contributed by atoms with van der Waals surface area (Å²) in [4.78, 5) is 32.0. The van der Waals surface area contributed by atoms with E-state index in [1.54, 1.807) is 13.8 Å². The topological polar surface area (TPSA) is 72.0 Å². The van der Waals surface area contributed by atoms with Crippen LogP contribution in [0.3, 0.4) is 0 Å². The average Bonchev–Trinajstić information content (AvgIpc) is 2.93. The second kappa shape index (κ2) is 7.17. The van der Waals surface area contributed by atoms with E-state index in [-0.39, 0.29) is 18.0 Å². The Labute approximate surface area is 151 Å². The number of ether oxygens (including phenoxy) is 1. The van der Waals surface area contributed by atoms with Crippen molar-refractivity contribution in [1.82, 2.24) is 9.97 Å². The van der Waals surface area contributed by atoms with Crippen molar-refractivity contribution in [2.24, 2.45) is 0 Å². The lowest BCUT2D eigenvalue weighted by Crippen LogP contribution is -2.10. The van der Waals surface area contributed by atoms with Crippen LogP contribution in [0.2, 0.25) is 0 Å². The standard InChI is InChI=1S/C18H14F2N2O3S/c1-3-25-18(24)15-9(2)14-16(23)21-13(22-17(14)26-15)7-5-10-4-6-11(19)12(20)8-10/h4-8H,3H2,1-2H3,(H,21,22,23)/b7-5+. The number of hydrogen-bond donors (Lipinski definition) is 1. The maximum Gasteiger partial charge on any atom is 0.348 e. The van der Waals surface area contributed by atoms with Crippen LogP contribution in [0.5, 0.6) is 0 Å². The van der Waals surface area contributed by atoms with Gasteiger partial charge < -0.3 is 9.72 Å². The minimum absolute atomic E-state index is 0.235. The number of nitrogens with zero attached hydrogens (tertiary/aromatic N) is 1. The monoisotopic (exact) mass is 376 g/mol. The van der Waals surface area contributed by atoms with Gasteiger partial charge in [0, 0.05) is 0 Å². The SMILES string of the molecule is CCOC(=O)c1sc2nc(/C=C/c3ccc(F)c(F)c3)[nH]c(=O)c2c1C. The van der Waals surface area contributed by atoms with Gasteiger partial charge in [-0.15, -0.1) is 11.3 Å². The first kappa shape index (κ1) is 17.9. The molecule has 3 rings (SSSR count). The summed E-state index contributed by atoms with van der Waals surface area (Å²) in [5, 5.41) is 0.336. The van der Waals surface area contributed by atoms with Gasteiger partial charge in [-0.2, -0.15) is 0 Å². The smallest absolute Gasteiger partial charge is 0.348 e. The van der Waals surface area contributed by atoms with E-state index in [0.717, 1.165) is 23.5 Å². The summed E-state index contributed by atoms with van der Waals surface area (Å²) in [6.07, 6.45) is 2.98. The van der Waals surface area contributed by atoms with Gasteiger partial charge >= 0.3 is 5.97 Å². The van der Waals surface area contributed by atoms with Crippen molar-refractivity contribution >= 4 is 39.7 Å². The molecule has 2 heterocycles. The predicted molar refractivity (Wildman–Crippen MR) is 96.2 cm³/mol. The minimum Gasteiger partial charge on any atom is -0.462 e. The lowest BCUT2D eigenvalue weighted by atomic mass is 10.2. The Morgan fingerprint density at radius 3 is 2.77 bits per heavy atom. The maximum atomic E-state index is 13.2. The van der Waals surface area contributed by atoms with Gasteiger partial charge in [-0.05, 0) is 43.2 Å². The van der Waals surface area contributed by atoms with E-state index in [9.17, 15) is 18.4 Å². The lowest BCUT2D eigenvalue weighted by molar-refractivity contribution is 0.0531. The molecule has 0 aliphatic rings. The third kappa shape index (κ3) is 3.41. The molecule has 5 nitrogen and oxygen atoms in total. The van der Waals surface area contributed by atoms with Crippen LogP contribution in [0.1, 0.15) is 33.5 Å². The number of rotatable bonds is 4. The summed E-state index contributed by atoms with van der Waals surface area (Å²) in [7, 11) is 0. The van der Waals surface area contributed by atoms with Crippen molar-refractivity contribution in [3.8, 4) is 0 Å². The summed E-state index contributed by atoms with van der Waals surface area (Å²) < 4.78 is 31.2. The number of halogens is 2. The van der Waals surface area contributed by atoms with Gasteiger partial charge in [0.25, 0.3) is 5.56 Å². The molecule has 26 heavy (non-hydrogen) atoms. The first-order valence-electron chi connectivity index (χ1n) is 7.74. The second-order valence-corrected chi connectivity index (χ2v) is 6.41. The molecule has 0 atom stereocenters. The molecule has 8 heteroatoms. The summed E-state index contributed by atoms with van der Waals surface area (Å²) in [6.45, 7) is 3.60. The Morgan fingerprint density at radius 1 is 1.31 bits per heavy atom. The highest BCUT2D eigenvalue weighted by Gasteiger charge is 2.19. The fourth-order valence-corrected chi connectivity index (χ4v) is 3.50. The number of fused-ring (bicyclic) bond motifs is 1. The van der Waals surface area contributed by atoms with Crippen molar-refractivity contribution in [2.45, 2.75) is 13.8 Å². The quantitative estimate of drug-likeness (QED) is 0.701. The number of thiophene rings is 1. The third-order valence-corrected chi connectivity index (χ3v) is 4.82. The van der Waals surface area contributed by atoms with Crippen LogP contribution in [-0.4, -0.2) is 22.5 Å². The molecule has 0 spiro atoms. The number of carbonyl (C=O) groups is 1. The third-order valence-electron chi connectivity index (χ3n) is 3.66. The van der Waals surface area contributed by atoms with Gasteiger partial charge in [0.05, 0.1) is 12.0 Å². The summed E-state index contributed by atoms with van der Waals surface area (Å²) >= 11 is 1.08. The highest BCUT2D eigenvalue weighted by Crippen LogP contribution is 2.27. The van der Waals surface area contributed by atoms with E-state index >= 15 is 0 Å². The van der Waals surface area contributed by atoms with E-state index in [4.69, 9.17) is 4.74 Å². The number of esters is 1. The van der Waals surface area contributed by atoms with Crippen LogP contribution in [-0.2, 0) is 4.74 Å². The van der Waals surface area contributed by atoms with Gasteiger partial charge in [0.1, 0.15) is 15.5 Å². The molecule has 0 bridgehead atoms. The zero-order valence-electron chi connectivity index (χ0n) is 13.9. The number of carbonyl (C=O) groups excluding carboxylic acids is 1. The molecule has 0 aliphatic heterocycles. The van der Waals surface area contributed by atoms with Gasteiger partial charge in [-0.1, -0.05) is 12.1 Å². The summed E-state index contributed by atoms with van der Waals surface area (Å²) in [5.41, 5.74) is 0.554. The van der Waals surface area contributed by atoms with Crippen LogP contribution in [0.4, 0.5) is 8.78 Å². The van der Waals surface area contributed by atoms with Crippen molar-refractivity contribution in [3.05, 3.63) is 62.0 Å². The number of nitrogens with one attached hydrogen (secondary N) is 1. The molecule has 0 aliphatic carbocycles. The molecule has 0 amide bonds. The van der Waals surface area contributed by atoms with Crippen LogP contribution >= 0.6 is 11.3 Å². The molecule has 2 aromatic heterocycles. The van der Waals surface area contributed by atoms with Crippen molar-refractivity contribution in [2.75, 3.05) is 6.61 Å².